The van der Waals surface area contributed by atoms with Crippen LogP contribution in [0.2, 0.25) is 0 Å². The summed E-state index contributed by atoms with van der Waals surface area (Å²) in [6.07, 6.45) is 0. The SMILES string of the molecule is O[NH+]=CBr.[Br-]. The third-order valence-corrected chi connectivity index (χ3v) is 0.254. The summed E-state index contributed by atoms with van der Waals surface area (Å²) in [6, 6.07) is 0. The zero-order valence-corrected chi connectivity index (χ0v) is 5.45. The maximum absolute atomic E-state index is 7.52. The molecule has 0 aromatic heterocycles. The molecule has 0 atom stereocenters. The quantitative estimate of drug-likeness (QED) is 0.235. The van der Waals surface area contributed by atoms with Crippen LogP contribution in [0.4, 0.5) is 0 Å². The molecule has 5 heavy (non-hydrogen) atoms. The van der Waals surface area contributed by atoms with Gasteiger partial charge >= 0.3 is 0 Å². The van der Waals surface area contributed by atoms with E-state index in [9.17, 15) is 0 Å². The predicted octanol–water partition coefficient (Wildman–Crippen LogP) is -4.12. The molecule has 0 aromatic carbocycles. The highest BCUT2D eigenvalue weighted by Gasteiger charge is 1.47. The lowest BCUT2D eigenvalue weighted by Gasteiger charge is -1.43. The highest BCUT2D eigenvalue weighted by molar-refractivity contribution is 9.17. The summed E-state index contributed by atoms with van der Waals surface area (Å²) in [5.41, 5.74) is 0. The van der Waals surface area contributed by atoms with E-state index < -0.39 is 0 Å². The molecule has 4 heteroatoms. The summed E-state index contributed by atoms with van der Waals surface area (Å²) in [5, 5.41) is 10.5. The lowest BCUT2D eigenvalue weighted by molar-refractivity contribution is -0.732. The van der Waals surface area contributed by atoms with Gasteiger partial charge in [0.15, 0.2) is 0 Å². The van der Waals surface area contributed by atoms with Crippen molar-refractivity contribution in [1.29, 1.82) is 0 Å². The van der Waals surface area contributed by atoms with Crippen molar-refractivity contribution >= 4 is 21.1 Å². The number of halogens is 2. The number of rotatable bonds is 0. The molecule has 0 aliphatic rings. The molecule has 0 radical (unpaired) electrons. The first-order chi connectivity index (χ1) is 1.91. The number of hydrogen-bond acceptors (Lipinski definition) is 1. The van der Waals surface area contributed by atoms with E-state index in [1.165, 1.54) is 5.12 Å². The maximum atomic E-state index is 7.52. The minimum atomic E-state index is 0. The Hall–Kier alpha value is 0.430. The van der Waals surface area contributed by atoms with Crippen LogP contribution < -0.4 is 22.1 Å². The van der Waals surface area contributed by atoms with Crippen molar-refractivity contribution < 1.29 is 27.3 Å². The highest BCUT2D eigenvalue weighted by atomic mass is 79.9. The molecule has 0 aliphatic carbocycles. The van der Waals surface area contributed by atoms with E-state index in [0.29, 0.717) is 0 Å². The Kier molecular flexibility index (Phi) is 16.0. The van der Waals surface area contributed by atoms with Crippen LogP contribution in [0.5, 0.6) is 0 Å². The lowest BCUT2D eigenvalue weighted by atomic mass is 11.7. The molecule has 0 unspecified atom stereocenters. The van der Waals surface area contributed by atoms with Gasteiger partial charge < -0.3 is 17.0 Å². The fourth-order valence-corrected chi connectivity index (χ4v) is 0. The molecule has 0 aromatic rings. The fourth-order valence-electron chi connectivity index (χ4n) is 0. The van der Waals surface area contributed by atoms with E-state index in [0.717, 1.165) is 0 Å². The summed E-state index contributed by atoms with van der Waals surface area (Å²) in [6.45, 7) is 0. The summed E-state index contributed by atoms with van der Waals surface area (Å²) < 4.78 is 0. The van der Waals surface area contributed by atoms with Crippen LogP contribution in [0.15, 0.2) is 0 Å². The summed E-state index contributed by atoms with van der Waals surface area (Å²) in [7, 11) is 0. The normalized spacial score (nSPS) is 7.40. The molecule has 0 fully saturated rings. The number of nitrogens with one attached hydrogen (secondary N) is 1. The van der Waals surface area contributed by atoms with Crippen molar-refractivity contribution in [3.8, 4) is 0 Å². The summed E-state index contributed by atoms with van der Waals surface area (Å²) >= 11 is 2.76. The van der Waals surface area contributed by atoms with Gasteiger partial charge in [-0.1, -0.05) is 0 Å². The van der Waals surface area contributed by atoms with E-state index >= 15 is 0 Å². The average Bonchev–Trinajstić information content (AvgIpc) is 1.37. The first-order valence-electron chi connectivity index (χ1n) is 0.730. The molecule has 0 rings (SSSR count). The third-order valence-electron chi connectivity index (χ3n) is 0.0488. The molecule has 0 spiro atoms. The van der Waals surface area contributed by atoms with Crippen LogP contribution in [-0.2, 0) is 0 Å². The Morgan fingerprint density at radius 3 is 2.00 bits per heavy atom. The molecular weight excluding hydrogens is 202 g/mol. The second-order valence-corrected chi connectivity index (χ2v) is 0.696. The van der Waals surface area contributed by atoms with Gasteiger partial charge in [-0.2, -0.15) is 0 Å². The van der Waals surface area contributed by atoms with E-state index in [4.69, 9.17) is 5.21 Å². The van der Waals surface area contributed by atoms with Gasteiger partial charge in [0.05, 0.1) is 0 Å². The van der Waals surface area contributed by atoms with Crippen molar-refractivity contribution in [2.24, 2.45) is 0 Å². The van der Waals surface area contributed by atoms with Crippen LogP contribution >= 0.6 is 15.9 Å². The Balaban J connectivity index is 0. The van der Waals surface area contributed by atoms with Gasteiger partial charge in [0.1, 0.15) is 0 Å². The van der Waals surface area contributed by atoms with Gasteiger partial charge in [-0.15, -0.1) is 0 Å². The van der Waals surface area contributed by atoms with Crippen LogP contribution in [0.1, 0.15) is 0 Å². The minimum absolute atomic E-state index is 0. The molecule has 2 nitrogen and oxygen atoms in total. The lowest BCUT2D eigenvalue weighted by Crippen LogP contribution is -3.00. The average molecular weight is 205 g/mol. The van der Waals surface area contributed by atoms with Crippen molar-refractivity contribution in [1.82, 2.24) is 0 Å². The monoisotopic (exact) mass is 203 g/mol. The Morgan fingerprint density at radius 1 is 1.80 bits per heavy atom. The standard InChI is InChI=1S/CH2BrNO.BrH/c2-1-3-4;/h1,4H;1H. The van der Waals surface area contributed by atoms with Gasteiger partial charge in [0.25, 0.3) is 5.12 Å². The predicted molar refractivity (Wildman–Crippen MR) is 17.7 cm³/mol. The van der Waals surface area contributed by atoms with Crippen molar-refractivity contribution in [3.05, 3.63) is 0 Å². The minimum Gasteiger partial charge on any atom is -1.00 e. The van der Waals surface area contributed by atoms with Crippen LogP contribution in [0, 0.1) is 0 Å². The zero-order chi connectivity index (χ0) is 3.41. The van der Waals surface area contributed by atoms with Gasteiger partial charge in [-0.25, -0.2) is 0 Å². The zero-order valence-electron chi connectivity index (χ0n) is 2.28. The molecule has 0 aliphatic heterocycles. The first-order valence-corrected chi connectivity index (χ1v) is 1.65. The largest absolute Gasteiger partial charge is 1.00 e. The highest BCUT2D eigenvalue weighted by Crippen LogP contribution is 1.48. The van der Waals surface area contributed by atoms with Gasteiger partial charge in [0.2, 0.25) is 0 Å². The van der Waals surface area contributed by atoms with Crippen LogP contribution in [-0.4, -0.2) is 10.3 Å². The van der Waals surface area contributed by atoms with Crippen molar-refractivity contribution in [2.75, 3.05) is 0 Å². The van der Waals surface area contributed by atoms with Gasteiger partial charge in [-0.3, -0.25) is 5.21 Å². The van der Waals surface area contributed by atoms with Crippen LogP contribution in [0.3, 0.4) is 0 Å². The first kappa shape index (κ1) is 9.06. The Morgan fingerprint density at radius 2 is 2.00 bits per heavy atom. The molecule has 2 N–H and O–H groups in total. The summed E-state index contributed by atoms with van der Waals surface area (Å²) in [5.74, 6) is 0. The Labute approximate surface area is 48.8 Å². The molecule has 32 valence electrons. The maximum Gasteiger partial charge on any atom is 0.254 e. The molecule has 0 amide bonds. The van der Waals surface area contributed by atoms with E-state index in [2.05, 4.69) is 15.9 Å². The van der Waals surface area contributed by atoms with Gasteiger partial charge in [0, 0.05) is 15.9 Å². The van der Waals surface area contributed by atoms with Crippen LogP contribution in [0.25, 0.3) is 0 Å². The Bertz CT molecular complexity index is 24.8. The molecule has 0 bridgehead atoms. The molecule has 0 heterocycles. The molecule has 0 saturated carbocycles. The number of hydrogen-bond donors (Lipinski definition) is 2. The smallest absolute Gasteiger partial charge is 0.254 e. The molecule has 0 saturated heterocycles. The van der Waals surface area contributed by atoms with Crippen molar-refractivity contribution in [2.45, 2.75) is 0 Å². The third kappa shape index (κ3) is 12.8. The van der Waals surface area contributed by atoms with Crippen molar-refractivity contribution in [3.63, 3.8) is 0 Å². The summed E-state index contributed by atoms with van der Waals surface area (Å²) in [4.78, 5) is 0. The van der Waals surface area contributed by atoms with E-state index in [-0.39, 0.29) is 17.0 Å². The van der Waals surface area contributed by atoms with E-state index in [1.807, 2.05) is 0 Å². The topological polar surface area (TPSA) is 34.2 Å². The van der Waals surface area contributed by atoms with E-state index in [1.54, 1.807) is 5.16 Å². The second kappa shape index (κ2) is 8.83. The van der Waals surface area contributed by atoms with Gasteiger partial charge in [-0.05, 0) is 5.16 Å². The molecular formula is CH3Br2NO. The second-order valence-electron chi connectivity index (χ2n) is 0.238. The fraction of sp³-hybridized carbons (Fsp3) is 0.